The summed E-state index contributed by atoms with van der Waals surface area (Å²) in [6, 6.07) is 2.75. The highest BCUT2D eigenvalue weighted by Crippen LogP contribution is 2.35. The molecule has 142 valence electrons. The highest BCUT2D eigenvalue weighted by Gasteiger charge is 2.27. The first kappa shape index (κ1) is 21.3. The van der Waals surface area contributed by atoms with Crippen molar-refractivity contribution in [3.63, 3.8) is 0 Å². The van der Waals surface area contributed by atoms with Crippen molar-refractivity contribution in [2.24, 2.45) is 0 Å². The van der Waals surface area contributed by atoms with E-state index >= 15 is 0 Å². The van der Waals surface area contributed by atoms with E-state index < -0.39 is 15.8 Å². The van der Waals surface area contributed by atoms with Crippen LogP contribution in [0.2, 0.25) is 0 Å². The second-order valence-corrected chi connectivity index (χ2v) is 6.25. The molecule has 1 rings (SSSR count). The van der Waals surface area contributed by atoms with Gasteiger partial charge in [-0.05, 0) is 17.9 Å². The van der Waals surface area contributed by atoms with Crippen molar-refractivity contribution >= 4 is 17.3 Å². The molecule has 0 aliphatic rings. The molecule has 0 radical (unpaired) electrons. The van der Waals surface area contributed by atoms with Crippen LogP contribution in [-0.4, -0.2) is 20.9 Å². The molecular weight excluding hydrogens is 340 g/mol. The number of nitro benzene ring substituents is 2. The Hall–Kier alpha value is -2.77. The van der Waals surface area contributed by atoms with Crippen molar-refractivity contribution in [2.45, 2.75) is 58.3 Å². The minimum Gasteiger partial charge on any atom is -0.478 e. The molecule has 0 heterocycles. The van der Waals surface area contributed by atoms with Gasteiger partial charge in [0.2, 0.25) is 0 Å². The fraction of sp³-hybridized carbons (Fsp3) is 0.500. The summed E-state index contributed by atoms with van der Waals surface area (Å²) in [5.74, 6) is -1.25. The molecule has 1 atom stereocenters. The highest BCUT2D eigenvalue weighted by molar-refractivity contribution is 5.79. The summed E-state index contributed by atoms with van der Waals surface area (Å²) in [4.78, 5) is 32.1. The first-order valence-electron chi connectivity index (χ1n) is 8.63. The largest absolute Gasteiger partial charge is 0.478 e. The van der Waals surface area contributed by atoms with E-state index in [1.807, 2.05) is 6.92 Å². The molecule has 0 aromatic heterocycles. The summed E-state index contributed by atoms with van der Waals surface area (Å²) in [7, 11) is 0. The molecule has 0 fully saturated rings. The lowest BCUT2D eigenvalue weighted by Gasteiger charge is -2.13. The lowest BCUT2D eigenvalue weighted by molar-refractivity contribution is -0.395. The van der Waals surface area contributed by atoms with Gasteiger partial charge in [-0.15, -0.1) is 0 Å². The van der Waals surface area contributed by atoms with Gasteiger partial charge in [-0.1, -0.05) is 45.6 Å². The molecule has 0 aliphatic carbocycles. The van der Waals surface area contributed by atoms with Crippen LogP contribution < -0.4 is 0 Å². The number of rotatable bonds is 11. The standard InChI is InChI=1S/C18H24N2O6/c1-3-4-5-6-8-13(2)14-11-16(19(23)24)15(9-7-10-18(21)22)17(12-14)20(25)26/h7,10-13H,3-6,8-9H2,1-2H3,(H,21,22). The van der Waals surface area contributed by atoms with E-state index in [1.165, 1.54) is 18.2 Å². The van der Waals surface area contributed by atoms with E-state index in [9.17, 15) is 25.0 Å². The first-order chi connectivity index (χ1) is 12.3. The molecule has 8 heteroatoms. The number of benzene rings is 1. The van der Waals surface area contributed by atoms with Gasteiger partial charge in [0, 0.05) is 24.6 Å². The van der Waals surface area contributed by atoms with E-state index in [0.29, 0.717) is 5.56 Å². The number of carboxylic acid groups (broad SMARTS) is 1. The SMILES string of the molecule is CCCCCCC(C)c1cc([N+](=O)[O-])c(CC=CC(=O)O)c([N+](=O)[O-])c1. The number of hydrogen-bond acceptors (Lipinski definition) is 5. The number of carbonyl (C=O) groups is 1. The van der Waals surface area contributed by atoms with Crippen molar-refractivity contribution in [1.29, 1.82) is 0 Å². The Labute approximate surface area is 151 Å². The first-order valence-corrected chi connectivity index (χ1v) is 8.63. The summed E-state index contributed by atoms with van der Waals surface area (Å²) < 4.78 is 0. The minimum absolute atomic E-state index is 0.0344. The van der Waals surface area contributed by atoms with Crippen molar-refractivity contribution in [3.8, 4) is 0 Å². The van der Waals surface area contributed by atoms with Gasteiger partial charge in [-0.25, -0.2) is 4.79 Å². The fourth-order valence-corrected chi connectivity index (χ4v) is 2.80. The Bertz CT molecular complexity index is 664. The van der Waals surface area contributed by atoms with Crippen LogP contribution in [0.5, 0.6) is 0 Å². The van der Waals surface area contributed by atoms with Gasteiger partial charge in [0.15, 0.2) is 0 Å². The maximum atomic E-state index is 11.4. The van der Waals surface area contributed by atoms with Gasteiger partial charge in [-0.2, -0.15) is 0 Å². The molecule has 0 amide bonds. The van der Waals surface area contributed by atoms with Crippen molar-refractivity contribution < 1.29 is 19.7 Å². The highest BCUT2D eigenvalue weighted by atomic mass is 16.6. The predicted molar refractivity (Wildman–Crippen MR) is 97.4 cm³/mol. The number of allylic oxidation sites excluding steroid dienone is 1. The van der Waals surface area contributed by atoms with Crippen LogP contribution in [-0.2, 0) is 11.2 Å². The van der Waals surface area contributed by atoms with Crippen LogP contribution in [0, 0.1) is 20.2 Å². The van der Waals surface area contributed by atoms with E-state index in [2.05, 4.69) is 6.92 Å². The second-order valence-electron chi connectivity index (χ2n) is 6.25. The monoisotopic (exact) mass is 364 g/mol. The van der Waals surface area contributed by atoms with E-state index in [1.54, 1.807) is 0 Å². The lowest BCUT2D eigenvalue weighted by atomic mass is 9.92. The zero-order valence-electron chi connectivity index (χ0n) is 15.0. The van der Waals surface area contributed by atoms with Gasteiger partial charge in [0.1, 0.15) is 5.56 Å². The molecule has 1 N–H and O–H groups in total. The predicted octanol–water partition coefficient (Wildman–Crippen LogP) is 4.76. The van der Waals surface area contributed by atoms with Crippen molar-refractivity contribution in [2.75, 3.05) is 0 Å². The van der Waals surface area contributed by atoms with Gasteiger partial charge in [-0.3, -0.25) is 20.2 Å². The number of nitrogens with zero attached hydrogens (tertiary/aromatic N) is 2. The van der Waals surface area contributed by atoms with E-state index in [0.717, 1.165) is 38.2 Å². The van der Waals surface area contributed by atoms with Crippen LogP contribution in [0.1, 0.15) is 63.0 Å². The molecule has 8 nitrogen and oxygen atoms in total. The summed E-state index contributed by atoms with van der Waals surface area (Å²) >= 11 is 0. The Morgan fingerprint density at radius 3 is 2.19 bits per heavy atom. The summed E-state index contributed by atoms with van der Waals surface area (Å²) in [5.41, 5.74) is -0.209. The number of carboxylic acids is 1. The van der Waals surface area contributed by atoms with Gasteiger partial charge in [0.05, 0.1) is 9.85 Å². The second kappa shape index (κ2) is 10.3. The zero-order chi connectivity index (χ0) is 19.7. The van der Waals surface area contributed by atoms with Crippen LogP contribution >= 0.6 is 0 Å². The fourth-order valence-electron chi connectivity index (χ4n) is 2.80. The van der Waals surface area contributed by atoms with Crippen LogP contribution in [0.15, 0.2) is 24.3 Å². The number of nitro groups is 2. The molecule has 1 aromatic rings. The van der Waals surface area contributed by atoms with Crippen molar-refractivity contribution in [1.82, 2.24) is 0 Å². The summed E-state index contributed by atoms with van der Waals surface area (Å²) in [5, 5.41) is 31.5. The van der Waals surface area contributed by atoms with Crippen LogP contribution in [0.4, 0.5) is 11.4 Å². The molecule has 0 spiro atoms. The molecule has 0 bridgehead atoms. The van der Waals surface area contributed by atoms with Crippen LogP contribution in [0.3, 0.4) is 0 Å². The maximum absolute atomic E-state index is 11.4. The Morgan fingerprint density at radius 2 is 1.73 bits per heavy atom. The number of aliphatic carboxylic acids is 1. The Balaban J connectivity index is 3.21. The van der Waals surface area contributed by atoms with Gasteiger partial charge < -0.3 is 5.11 Å². The van der Waals surface area contributed by atoms with Crippen LogP contribution in [0.25, 0.3) is 0 Å². The van der Waals surface area contributed by atoms with E-state index in [4.69, 9.17) is 5.11 Å². The third kappa shape index (κ3) is 6.27. The number of hydrogen-bond donors (Lipinski definition) is 1. The van der Waals surface area contributed by atoms with E-state index in [-0.39, 0.29) is 29.3 Å². The third-order valence-corrected chi connectivity index (χ3v) is 4.26. The quantitative estimate of drug-likeness (QED) is 0.261. The zero-order valence-corrected chi connectivity index (χ0v) is 15.0. The lowest BCUT2D eigenvalue weighted by Crippen LogP contribution is -2.04. The molecule has 0 aliphatic heterocycles. The van der Waals surface area contributed by atoms with Gasteiger partial charge in [0.25, 0.3) is 11.4 Å². The van der Waals surface area contributed by atoms with Gasteiger partial charge >= 0.3 is 5.97 Å². The average Bonchev–Trinajstić information content (AvgIpc) is 2.57. The molecule has 1 aromatic carbocycles. The Morgan fingerprint density at radius 1 is 1.15 bits per heavy atom. The summed E-state index contributed by atoms with van der Waals surface area (Å²) in [6.45, 7) is 4.01. The normalized spacial score (nSPS) is 12.2. The smallest absolute Gasteiger partial charge is 0.327 e. The molecule has 1 unspecified atom stereocenters. The topological polar surface area (TPSA) is 124 Å². The molecular formula is C18H24N2O6. The summed E-state index contributed by atoms with van der Waals surface area (Å²) in [6.07, 6.45) is 6.83. The Kier molecular flexibility index (Phi) is 8.41. The van der Waals surface area contributed by atoms with Crippen molar-refractivity contribution in [3.05, 3.63) is 55.6 Å². The molecule has 0 saturated heterocycles. The minimum atomic E-state index is -1.22. The number of unbranched alkanes of at least 4 members (excludes halogenated alkanes) is 3. The average molecular weight is 364 g/mol. The molecule has 26 heavy (non-hydrogen) atoms. The third-order valence-electron chi connectivity index (χ3n) is 4.26. The maximum Gasteiger partial charge on any atom is 0.327 e. The molecule has 0 saturated carbocycles.